The number of thiophene rings is 1. The van der Waals surface area contributed by atoms with Gasteiger partial charge in [-0.1, -0.05) is 6.08 Å². The van der Waals surface area contributed by atoms with Crippen LogP contribution in [0.3, 0.4) is 0 Å². The van der Waals surface area contributed by atoms with Crippen LogP contribution >= 0.6 is 11.3 Å². The van der Waals surface area contributed by atoms with Gasteiger partial charge in [0.1, 0.15) is 16.8 Å². The van der Waals surface area contributed by atoms with Crippen molar-refractivity contribution in [3.05, 3.63) is 62.0 Å². The molecule has 26 heavy (non-hydrogen) atoms. The van der Waals surface area contributed by atoms with Crippen molar-refractivity contribution >= 4 is 28.2 Å². The molecule has 0 amide bonds. The van der Waals surface area contributed by atoms with Gasteiger partial charge >= 0.3 is 0 Å². The number of nitrogens with zero attached hydrogens (tertiary/aromatic N) is 3. The lowest BCUT2D eigenvalue weighted by atomic mass is 9.96. The second-order valence-electron chi connectivity index (χ2n) is 6.05. The third-order valence-corrected chi connectivity index (χ3v) is 5.56. The summed E-state index contributed by atoms with van der Waals surface area (Å²) in [6.45, 7) is 3.61. The number of non-ortho nitro benzene ring substituents is 1. The average Bonchev–Trinajstić information content (AvgIpc) is 2.99. The van der Waals surface area contributed by atoms with E-state index in [1.54, 1.807) is 6.08 Å². The molecule has 1 aliphatic carbocycles. The molecule has 0 spiro atoms. The predicted molar refractivity (Wildman–Crippen MR) is 102 cm³/mol. The van der Waals surface area contributed by atoms with Gasteiger partial charge in [0.05, 0.1) is 10.5 Å². The molecular weight excluding hydrogens is 350 g/mol. The monoisotopic (exact) mass is 367 g/mol. The molecule has 1 aromatic heterocycles. The largest absolute Gasteiger partial charge is 0.507 e. The first-order chi connectivity index (χ1) is 12.5. The first kappa shape index (κ1) is 17.8. The molecule has 0 atom stereocenters. The molecule has 0 fully saturated rings. The van der Waals surface area contributed by atoms with Crippen molar-refractivity contribution < 1.29 is 10.0 Å². The van der Waals surface area contributed by atoms with Crippen LogP contribution in [-0.2, 0) is 19.3 Å². The van der Waals surface area contributed by atoms with Gasteiger partial charge in [-0.25, -0.2) is 4.99 Å². The van der Waals surface area contributed by atoms with Gasteiger partial charge in [-0.15, -0.1) is 17.9 Å². The molecule has 0 aliphatic heterocycles. The molecule has 1 aliphatic rings. The molecular formula is C19H17N3O3S. The van der Waals surface area contributed by atoms with Gasteiger partial charge in [-0.05, 0) is 37.7 Å². The summed E-state index contributed by atoms with van der Waals surface area (Å²) in [7, 11) is 0. The van der Waals surface area contributed by atoms with Crippen LogP contribution in [0.4, 0.5) is 10.7 Å². The van der Waals surface area contributed by atoms with Crippen molar-refractivity contribution in [1.82, 2.24) is 0 Å². The normalized spacial score (nSPS) is 13.3. The summed E-state index contributed by atoms with van der Waals surface area (Å²) in [5.41, 5.74) is 2.21. The molecule has 2 aromatic rings. The molecule has 3 rings (SSSR count). The molecule has 6 nitrogen and oxygen atoms in total. The minimum Gasteiger partial charge on any atom is -0.507 e. The van der Waals surface area contributed by atoms with E-state index < -0.39 is 4.92 Å². The maximum atomic E-state index is 11.1. The van der Waals surface area contributed by atoms with Gasteiger partial charge in [0, 0.05) is 34.4 Å². The number of aryl methyl sites for hydroxylation is 1. The summed E-state index contributed by atoms with van der Waals surface area (Å²) in [4.78, 5) is 16.2. The zero-order valence-corrected chi connectivity index (χ0v) is 14.9. The lowest BCUT2D eigenvalue weighted by Gasteiger charge is -2.09. The number of nitro benzene ring substituents is 1. The molecule has 0 unspecified atom stereocenters. The fourth-order valence-electron chi connectivity index (χ4n) is 3.10. The third-order valence-electron chi connectivity index (χ3n) is 4.36. The van der Waals surface area contributed by atoms with E-state index in [4.69, 9.17) is 0 Å². The van der Waals surface area contributed by atoms with Gasteiger partial charge in [0.15, 0.2) is 0 Å². The highest BCUT2D eigenvalue weighted by Gasteiger charge is 2.20. The Balaban J connectivity index is 2.03. The fraction of sp³-hybridized carbons (Fsp3) is 0.263. The number of aliphatic imine (C=N–C) groups is 1. The number of fused-ring (bicyclic) bond motifs is 1. The van der Waals surface area contributed by atoms with Gasteiger partial charge in [-0.3, -0.25) is 10.1 Å². The number of hydrogen-bond donors (Lipinski definition) is 1. The lowest BCUT2D eigenvalue weighted by Crippen LogP contribution is -1.99. The van der Waals surface area contributed by atoms with E-state index in [0.717, 1.165) is 31.2 Å². The third kappa shape index (κ3) is 3.37. The molecule has 0 saturated carbocycles. The maximum absolute atomic E-state index is 11.1. The van der Waals surface area contributed by atoms with Gasteiger partial charge in [-0.2, -0.15) is 5.26 Å². The number of phenols is 1. The highest BCUT2D eigenvalue weighted by atomic mass is 32.1. The lowest BCUT2D eigenvalue weighted by molar-refractivity contribution is -0.384. The van der Waals surface area contributed by atoms with E-state index in [9.17, 15) is 20.5 Å². The number of aromatic hydroxyl groups is 1. The van der Waals surface area contributed by atoms with Crippen LogP contribution < -0.4 is 0 Å². The molecule has 1 aromatic carbocycles. The van der Waals surface area contributed by atoms with Crippen LogP contribution in [0.1, 0.15) is 40.0 Å². The molecule has 0 radical (unpaired) electrons. The summed E-state index contributed by atoms with van der Waals surface area (Å²) in [6.07, 6.45) is 7.29. The Hall–Kier alpha value is -2.98. The van der Waals surface area contributed by atoms with Crippen molar-refractivity contribution in [1.29, 1.82) is 5.26 Å². The number of rotatable bonds is 5. The van der Waals surface area contributed by atoms with Crippen molar-refractivity contribution in [2.24, 2.45) is 4.99 Å². The van der Waals surface area contributed by atoms with Crippen LogP contribution in [-0.4, -0.2) is 16.2 Å². The first-order valence-corrected chi connectivity index (χ1v) is 9.06. The van der Waals surface area contributed by atoms with Crippen molar-refractivity contribution in [2.45, 2.75) is 32.1 Å². The van der Waals surface area contributed by atoms with Gasteiger partial charge in [0.2, 0.25) is 0 Å². The van der Waals surface area contributed by atoms with E-state index in [-0.39, 0.29) is 17.0 Å². The van der Waals surface area contributed by atoms with Crippen LogP contribution in [0.5, 0.6) is 5.75 Å². The molecule has 1 heterocycles. The molecule has 0 saturated heterocycles. The van der Waals surface area contributed by atoms with Crippen LogP contribution in [0.2, 0.25) is 0 Å². The SMILES string of the molecule is C=CCc1cc([N+](=O)[O-])cc(C=Nc2sc3c(c2C#N)CCCC3)c1O. The zero-order chi connectivity index (χ0) is 18.7. The van der Waals surface area contributed by atoms with Crippen LogP contribution in [0.15, 0.2) is 29.8 Å². The Bertz CT molecular complexity index is 954. The number of hydrogen-bond acceptors (Lipinski definition) is 6. The standard InChI is InChI=1S/C19H17N3O3S/c1-2-5-12-8-14(22(24)25)9-13(18(12)23)11-21-19-16(10-20)15-6-3-4-7-17(15)26-19/h2,8-9,11,23H,1,3-7H2. The van der Waals surface area contributed by atoms with E-state index >= 15 is 0 Å². The molecule has 0 bridgehead atoms. The second kappa shape index (κ2) is 7.50. The van der Waals surface area contributed by atoms with Crippen molar-refractivity contribution in [2.75, 3.05) is 0 Å². The Morgan fingerprint density at radius 3 is 2.88 bits per heavy atom. The molecule has 132 valence electrons. The Kier molecular flexibility index (Phi) is 5.14. The molecule has 7 heteroatoms. The van der Waals surface area contributed by atoms with Crippen molar-refractivity contribution in [3.63, 3.8) is 0 Å². The summed E-state index contributed by atoms with van der Waals surface area (Å²) < 4.78 is 0. The summed E-state index contributed by atoms with van der Waals surface area (Å²) in [5, 5.41) is 31.6. The minimum absolute atomic E-state index is 0.0564. The number of benzene rings is 1. The van der Waals surface area contributed by atoms with Crippen molar-refractivity contribution in [3.8, 4) is 11.8 Å². The number of nitro groups is 1. The number of allylic oxidation sites excluding steroid dienone is 1. The minimum atomic E-state index is -0.506. The van der Waals surface area contributed by atoms with Gasteiger partial charge < -0.3 is 5.11 Å². The Morgan fingerprint density at radius 2 is 2.19 bits per heavy atom. The van der Waals surface area contributed by atoms with E-state index in [1.165, 1.54) is 34.6 Å². The highest BCUT2D eigenvalue weighted by molar-refractivity contribution is 7.16. The van der Waals surface area contributed by atoms with Crippen LogP contribution in [0.25, 0.3) is 0 Å². The predicted octanol–water partition coefficient (Wildman–Crippen LogP) is 4.59. The Labute approximate surface area is 154 Å². The highest BCUT2D eigenvalue weighted by Crippen LogP contribution is 2.39. The first-order valence-electron chi connectivity index (χ1n) is 8.25. The zero-order valence-electron chi connectivity index (χ0n) is 14.1. The molecule has 1 N–H and O–H groups in total. The summed E-state index contributed by atoms with van der Waals surface area (Å²) >= 11 is 1.48. The topological polar surface area (TPSA) is 99.5 Å². The van der Waals surface area contributed by atoms with E-state index in [0.29, 0.717) is 22.5 Å². The number of nitriles is 1. The smallest absolute Gasteiger partial charge is 0.270 e. The Morgan fingerprint density at radius 1 is 1.42 bits per heavy atom. The fourth-order valence-corrected chi connectivity index (χ4v) is 4.29. The van der Waals surface area contributed by atoms with Gasteiger partial charge in [0.25, 0.3) is 5.69 Å². The maximum Gasteiger partial charge on any atom is 0.270 e. The average molecular weight is 367 g/mol. The van der Waals surface area contributed by atoms with E-state index in [2.05, 4.69) is 17.6 Å². The second-order valence-corrected chi connectivity index (χ2v) is 7.14. The van der Waals surface area contributed by atoms with E-state index in [1.807, 2.05) is 0 Å². The van der Waals surface area contributed by atoms with Crippen LogP contribution in [0, 0.1) is 21.4 Å². The number of phenolic OH excluding ortho intramolecular Hbond substituents is 1. The quantitative estimate of drug-likeness (QED) is 0.361. The summed E-state index contributed by atoms with van der Waals surface area (Å²) in [6, 6.07) is 4.84. The summed E-state index contributed by atoms with van der Waals surface area (Å²) in [5.74, 6) is -0.0564.